The number of fused-ring (bicyclic) bond motifs is 1. The van der Waals surface area contributed by atoms with Crippen LogP contribution in [-0.2, 0) is 22.9 Å². The largest absolute Gasteiger partial charge is 0.301 e. The van der Waals surface area contributed by atoms with Crippen LogP contribution in [0.5, 0.6) is 0 Å². The first-order valence-corrected chi connectivity index (χ1v) is 10.9. The fourth-order valence-electron chi connectivity index (χ4n) is 3.80. The van der Waals surface area contributed by atoms with E-state index in [0.29, 0.717) is 18.0 Å². The Hall–Kier alpha value is -0.910. The maximum atomic E-state index is 12.9. The Labute approximate surface area is 146 Å². The number of hydrogen-bond donors (Lipinski definition) is 0. The average molecular weight is 351 g/mol. The van der Waals surface area contributed by atoms with Gasteiger partial charge < -0.3 is 4.90 Å². The molecule has 0 N–H and O–H groups in total. The van der Waals surface area contributed by atoms with Crippen LogP contribution in [0.1, 0.15) is 50.2 Å². The van der Waals surface area contributed by atoms with Crippen LogP contribution in [0.15, 0.2) is 23.1 Å². The van der Waals surface area contributed by atoms with Crippen molar-refractivity contribution >= 4 is 10.0 Å². The summed E-state index contributed by atoms with van der Waals surface area (Å²) in [5, 5.41) is 0. The highest BCUT2D eigenvalue weighted by molar-refractivity contribution is 7.89. The predicted molar refractivity (Wildman–Crippen MR) is 97.8 cm³/mol. The van der Waals surface area contributed by atoms with E-state index in [4.69, 9.17) is 0 Å². The molecular formula is C19H30N2O2S. The molecule has 1 fully saturated rings. The summed E-state index contributed by atoms with van der Waals surface area (Å²) in [7, 11) is -3.34. The summed E-state index contributed by atoms with van der Waals surface area (Å²) in [4.78, 5) is 2.89. The van der Waals surface area contributed by atoms with Gasteiger partial charge in [0.2, 0.25) is 10.0 Å². The van der Waals surface area contributed by atoms with Crippen LogP contribution in [0.3, 0.4) is 0 Å². The maximum Gasteiger partial charge on any atom is 0.243 e. The van der Waals surface area contributed by atoms with E-state index in [0.717, 1.165) is 32.5 Å². The number of sulfonamides is 1. The first-order chi connectivity index (χ1) is 11.6. The smallest absolute Gasteiger partial charge is 0.243 e. The van der Waals surface area contributed by atoms with Crippen LogP contribution in [-0.4, -0.2) is 50.3 Å². The molecule has 1 aromatic rings. The fraction of sp³-hybridized carbons (Fsp3) is 0.684. The second kappa shape index (κ2) is 7.98. The van der Waals surface area contributed by atoms with Crippen molar-refractivity contribution in [3.05, 3.63) is 29.3 Å². The van der Waals surface area contributed by atoms with Gasteiger partial charge in [0.25, 0.3) is 0 Å². The predicted octanol–water partition coefficient (Wildman–Crippen LogP) is 3.06. The molecule has 0 saturated carbocycles. The molecule has 0 aromatic heterocycles. The normalized spacial score (nSPS) is 20.0. The molecule has 0 spiro atoms. The van der Waals surface area contributed by atoms with Gasteiger partial charge in [-0.3, -0.25) is 0 Å². The molecule has 2 aliphatic rings. The molecular weight excluding hydrogens is 320 g/mol. The van der Waals surface area contributed by atoms with Gasteiger partial charge in [-0.05, 0) is 61.9 Å². The molecule has 1 aliphatic carbocycles. The molecule has 1 saturated heterocycles. The third kappa shape index (κ3) is 4.01. The minimum Gasteiger partial charge on any atom is -0.301 e. The van der Waals surface area contributed by atoms with Gasteiger partial charge >= 0.3 is 0 Å². The van der Waals surface area contributed by atoms with Crippen molar-refractivity contribution in [2.45, 2.75) is 56.8 Å². The number of rotatable bonds is 6. The van der Waals surface area contributed by atoms with Crippen LogP contribution in [0.4, 0.5) is 0 Å². The summed E-state index contributed by atoms with van der Waals surface area (Å²) < 4.78 is 27.6. The molecule has 0 unspecified atom stereocenters. The molecule has 5 heteroatoms. The van der Waals surface area contributed by atoms with Gasteiger partial charge in [0.15, 0.2) is 0 Å². The van der Waals surface area contributed by atoms with E-state index in [2.05, 4.69) is 11.8 Å². The quantitative estimate of drug-likeness (QED) is 0.741. The Morgan fingerprint density at radius 1 is 0.958 bits per heavy atom. The van der Waals surface area contributed by atoms with Crippen molar-refractivity contribution in [3.8, 4) is 0 Å². The highest BCUT2D eigenvalue weighted by Gasteiger charge is 2.28. The lowest BCUT2D eigenvalue weighted by atomic mass is 9.92. The van der Waals surface area contributed by atoms with Crippen molar-refractivity contribution in [2.75, 3.05) is 32.7 Å². The Bertz CT molecular complexity index is 649. The van der Waals surface area contributed by atoms with Gasteiger partial charge in [0.1, 0.15) is 0 Å². The number of piperazine rings is 1. The summed E-state index contributed by atoms with van der Waals surface area (Å²) in [5.74, 6) is 0. The van der Waals surface area contributed by atoms with Crippen molar-refractivity contribution in [1.82, 2.24) is 9.21 Å². The third-order valence-electron chi connectivity index (χ3n) is 5.37. The van der Waals surface area contributed by atoms with Crippen molar-refractivity contribution in [2.24, 2.45) is 0 Å². The number of aryl methyl sites for hydroxylation is 2. The molecule has 24 heavy (non-hydrogen) atoms. The second-order valence-electron chi connectivity index (χ2n) is 7.09. The summed E-state index contributed by atoms with van der Waals surface area (Å²) in [6.07, 6.45) is 8.20. The van der Waals surface area contributed by atoms with E-state index in [9.17, 15) is 8.42 Å². The zero-order valence-electron chi connectivity index (χ0n) is 14.8. The van der Waals surface area contributed by atoms with Crippen molar-refractivity contribution in [1.29, 1.82) is 0 Å². The summed E-state index contributed by atoms with van der Waals surface area (Å²) >= 11 is 0. The summed E-state index contributed by atoms with van der Waals surface area (Å²) in [6.45, 7) is 6.25. The zero-order valence-corrected chi connectivity index (χ0v) is 15.7. The number of unbranched alkanes of at least 4 members (excludes halogenated alkanes) is 2. The van der Waals surface area contributed by atoms with Crippen molar-refractivity contribution in [3.63, 3.8) is 0 Å². The van der Waals surface area contributed by atoms with Gasteiger partial charge in [-0.25, -0.2) is 8.42 Å². The second-order valence-corrected chi connectivity index (χ2v) is 9.03. The topological polar surface area (TPSA) is 40.6 Å². The Morgan fingerprint density at radius 3 is 2.38 bits per heavy atom. The highest BCUT2D eigenvalue weighted by Crippen LogP contribution is 2.26. The number of nitrogens with zero attached hydrogens (tertiary/aromatic N) is 2. The minimum absolute atomic E-state index is 0.489. The lowest BCUT2D eigenvalue weighted by molar-refractivity contribution is 0.185. The molecule has 1 aliphatic heterocycles. The van der Waals surface area contributed by atoms with Gasteiger partial charge in [-0.2, -0.15) is 4.31 Å². The lowest BCUT2D eigenvalue weighted by Crippen LogP contribution is -2.48. The maximum absolute atomic E-state index is 12.9. The standard InChI is InChI=1S/C19H30N2O2S/c1-2-3-6-11-20-12-14-21(15-13-20)24(22,23)19-10-9-17-7-4-5-8-18(17)16-19/h9-10,16H,2-8,11-15H2,1H3. The van der Waals surface area contributed by atoms with E-state index in [1.54, 1.807) is 4.31 Å². The monoisotopic (exact) mass is 350 g/mol. The van der Waals surface area contributed by atoms with Crippen LogP contribution in [0, 0.1) is 0 Å². The molecule has 0 atom stereocenters. The molecule has 1 aromatic carbocycles. The van der Waals surface area contributed by atoms with E-state index >= 15 is 0 Å². The lowest BCUT2D eigenvalue weighted by Gasteiger charge is -2.34. The molecule has 4 nitrogen and oxygen atoms in total. The van der Waals surface area contributed by atoms with Gasteiger partial charge in [0.05, 0.1) is 4.90 Å². The Kier molecular flexibility index (Phi) is 5.95. The van der Waals surface area contributed by atoms with Crippen LogP contribution in [0.2, 0.25) is 0 Å². The first-order valence-electron chi connectivity index (χ1n) is 9.45. The van der Waals surface area contributed by atoms with Crippen LogP contribution >= 0.6 is 0 Å². The minimum atomic E-state index is -3.34. The molecule has 0 radical (unpaired) electrons. The average Bonchev–Trinajstić information content (AvgIpc) is 2.62. The fourth-order valence-corrected chi connectivity index (χ4v) is 5.27. The van der Waals surface area contributed by atoms with E-state index in [-0.39, 0.29) is 0 Å². The van der Waals surface area contributed by atoms with Gasteiger partial charge in [0, 0.05) is 26.2 Å². The van der Waals surface area contributed by atoms with E-state index in [1.165, 1.54) is 43.2 Å². The summed E-state index contributed by atoms with van der Waals surface area (Å²) in [6, 6.07) is 5.77. The van der Waals surface area contributed by atoms with Gasteiger partial charge in [-0.1, -0.05) is 25.8 Å². The number of hydrogen-bond acceptors (Lipinski definition) is 3. The van der Waals surface area contributed by atoms with E-state index < -0.39 is 10.0 Å². The van der Waals surface area contributed by atoms with Crippen LogP contribution < -0.4 is 0 Å². The van der Waals surface area contributed by atoms with E-state index in [1.807, 2.05) is 18.2 Å². The highest BCUT2D eigenvalue weighted by atomic mass is 32.2. The van der Waals surface area contributed by atoms with Gasteiger partial charge in [-0.15, -0.1) is 0 Å². The number of benzene rings is 1. The molecule has 0 amide bonds. The van der Waals surface area contributed by atoms with Crippen molar-refractivity contribution < 1.29 is 8.42 Å². The molecule has 1 heterocycles. The molecule has 0 bridgehead atoms. The first kappa shape index (κ1) is 17.9. The van der Waals surface area contributed by atoms with Crippen LogP contribution in [0.25, 0.3) is 0 Å². The SMILES string of the molecule is CCCCCN1CCN(S(=O)(=O)c2ccc3c(c2)CCCC3)CC1. The summed E-state index contributed by atoms with van der Waals surface area (Å²) in [5.41, 5.74) is 2.57. The Balaban J connectivity index is 1.64. The third-order valence-corrected chi connectivity index (χ3v) is 7.26. The molecule has 3 rings (SSSR count). The Morgan fingerprint density at radius 2 is 1.67 bits per heavy atom. The zero-order chi connectivity index (χ0) is 17.0. The molecule has 134 valence electrons.